The molecule has 0 aliphatic rings. The molecule has 4 nitrogen and oxygen atoms in total. The van der Waals surface area contributed by atoms with Gasteiger partial charge in [0.15, 0.2) is 0 Å². The maximum Gasteiger partial charge on any atom is 0.237 e. The van der Waals surface area contributed by atoms with Gasteiger partial charge in [0.25, 0.3) is 0 Å². The van der Waals surface area contributed by atoms with E-state index < -0.39 is 6.04 Å². The second kappa shape index (κ2) is 6.35. The summed E-state index contributed by atoms with van der Waals surface area (Å²) in [5.74, 6) is 0.100. The van der Waals surface area contributed by atoms with Gasteiger partial charge < -0.3 is 11.1 Å². The first-order valence-electron chi connectivity index (χ1n) is 6.02. The van der Waals surface area contributed by atoms with E-state index >= 15 is 0 Å². The van der Waals surface area contributed by atoms with Crippen LogP contribution in [0.15, 0.2) is 24.5 Å². The Morgan fingerprint density at radius 3 is 2.53 bits per heavy atom. The van der Waals surface area contributed by atoms with Gasteiger partial charge in [-0.1, -0.05) is 20.3 Å². The molecule has 3 atom stereocenters. The molecule has 0 aliphatic carbocycles. The maximum atomic E-state index is 11.9. The van der Waals surface area contributed by atoms with Gasteiger partial charge in [-0.2, -0.15) is 0 Å². The molecule has 94 valence electrons. The standard InChI is InChI=1S/C13H21N3O/c1-4-9(2)12(14)13(17)16-10(3)11-5-7-15-8-6-11/h5-10,12H,4,14H2,1-3H3,(H,16,17)/t9?,10?,12-/m0/s1. The third kappa shape index (κ3) is 3.82. The molecule has 1 aromatic rings. The highest BCUT2D eigenvalue weighted by Crippen LogP contribution is 2.12. The fourth-order valence-corrected chi connectivity index (χ4v) is 1.56. The van der Waals surface area contributed by atoms with E-state index in [4.69, 9.17) is 5.73 Å². The molecule has 1 amide bonds. The number of nitrogens with zero attached hydrogens (tertiary/aromatic N) is 1. The molecule has 1 heterocycles. The molecule has 0 fully saturated rings. The molecule has 17 heavy (non-hydrogen) atoms. The quantitative estimate of drug-likeness (QED) is 0.815. The van der Waals surface area contributed by atoms with E-state index in [0.717, 1.165) is 12.0 Å². The highest BCUT2D eigenvalue weighted by molar-refractivity contribution is 5.82. The second-order valence-corrected chi connectivity index (χ2v) is 4.42. The van der Waals surface area contributed by atoms with Gasteiger partial charge in [0, 0.05) is 12.4 Å². The maximum absolute atomic E-state index is 11.9. The zero-order valence-corrected chi connectivity index (χ0v) is 10.7. The van der Waals surface area contributed by atoms with Gasteiger partial charge in [-0.05, 0) is 30.5 Å². The van der Waals surface area contributed by atoms with Gasteiger partial charge in [0.05, 0.1) is 12.1 Å². The van der Waals surface area contributed by atoms with Crippen LogP contribution < -0.4 is 11.1 Å². The molecule has 0 saturated carbocycles. The van der Waals surface area contributed by atoms with Gasteiger partial charge in [0.2, 0.25) is 5.91 Å². The van der Waals surface area contributed by atoms with Crippen molar-refractivity contribution in [1.29, 1.82) is 0 Å². The molecular formula is C13H21N3O. The van der Waals surface area contributed by atoms with Gasteiger partial charge >= 0.3 is 0 Å². The highest BCUT2D eigenvalue weighted by Gasteiger charge is 2.20. The number of amides is 1. The normalized spacial score (nSPS) is 16.0. The van der Waals surface area contributed by atoms with Crippen molar-refractivity contribution in [2.75, 3.05) is 0 Å². The Morgan fingerprint density at radius 1 is 1.41 bits per heavy atom. The molecule has 3 N–H and O–H groups in total. The van der Waals surface area contributed by atoms with Crippen molar-refractivity contribution < 1.29 is 4.79 Å². The molecule has 0 radical (unpaired) electrons. The van der Waals surface area contributed by atoms with E-state index in [2.05, 4.69) is 10.3 Å². The summed E-state index contributed by atoms with van der Waals surface area (Å²) in [6.07, 6.45) is 4.33. The van der Waals surface area contributed by atoms with Gasteiger partial charge in [0.1, 0.15) is 0 Å². The van der Waals surface area contributed by atoms with Crippen molar-refractivity contribution >= 4 is 5.91 Å². The summed E-state index contributed by atoms with van der Waals surface area (Å²) in [6, 6.07) is 3.30. The Labute approximate surface area is 103 Å². The van der Waals surface area contributed by atoms with E-state index in [0.29, 0.717) is 0 Å². The number of nitrogens with one attached hydrogen (secondary N) is 1. The Hall–Kier alpha value is -1.42. The molecule has 1 rings (SSSR count). The number of aromatic nitrogens is 1. The van der Waals surface area contributed by atoms with E-state index in [9.17, 15) is 4.79 Å². The van der Waals surface area contributed by atoms with Crippen LogP contribution in [0.5, 0.6) is 0 Å². The van der Waals surface area contributed by atoms with E-state index in [1.165, 1.54) is 0 Å². The van der Waals surface area contributed by atoms with Crippen LogP contribution in [-0.4, -0.2) is 16.9 Å². The topological polar surface area (TPSA) is 68.0 Å². The third-order valence-electron chi connectivity index (χ3n) is 3.12. The average Bonchev–Trinajstić information content (AvgIpc) is 2.37. The van der Waals surface area contributed by atoms with Crippen molar-refractivity contribution in [3.8, 4) is 0 Å². The first-order valence-corrected chi connectivity index (χ1v) is 6.02. The van der Waals surface area contributed by atoms with Gasteiger partial charge in [-0.15, -0.1) is 0 Å². The van der Waals surface area contributed by atoms with Gasteiger partial charge in [-0.25, -0.2) is 0 Å². The van der Waals surface area contributed by atoms with E-state index in [1.54, 1.807) is 12.4 Å². The fourth-order valence-electron chi connectivity index (χ4n) is 1.56. The van der Waals surface area contributed by atoms with Crippen LogP contribution >= 0.6 is 0 Å². The van der Waals surface area contributed by atoms with Crippen molar-refractivity contribution in [3.63, 3.8) is 0 Å². The van der Waals surface area contributed by atoms with Crippen LogP contribution in [0.2, 0.25) is 0 Å². The van der Waals surface area contributed by atoms with Crippen molar-refractivity contribution in [2.45, 2.75) is 39.3 Å². The second-order valence-electron chi connectivity index (χ2n) is 4.42. The minimum atomic E-state index is -0.440. The third-order valence-corrected chi connectivity index (χ3v) is 3.12. The Kier molecular flexibility index (Phi) is 5.10. The zero-order chi connectivity index (χ0) is 12.8. The van der Waals surface area contributed by atoms with Crippen LogP contribution in [-0.2, 0) is 4.79 Å². The van der Waals surface area contributed by atoms with E-state index in [1.807, 2.05) is 32.9 Å². The van der Waals surface area contributed by atoms with Crippen molar-refractivity contribution in [3.05, 3.63) is 30.1 Å². The van der Waals surface area contributed by atoms with Crippen LogP contribution in [0.1, 0.15) is 38.8 Å². The molecule has 1 aromatic heterocycles. The molecule has 0 aliphatic heterocycles. The molecule has 2 unspecified atom stereocenters. The predicted octanol–water partition coefficient (Wildman–Crippen LogP) is 1.63. The van der Waals surface area contributed by atoms with Crippen LogP contribution in [0.25, 0.3) is 0 Å². The minimum Gasteiger partial charge on any atom is -0.348 e. The number of hydrogen-bond donors (Lipinski definition) is 2. The molecule has 0 bridgehead atoms. The first kappa shape index (κ1) is 13.6. The number of carbonyl (C=O) groups excluding carboxylic acids is 1. The Balaban J connectivity index is 2.57. The van der Waals surface area contributed by atoms with Gasteiger partial charge in [-0.3, -0.25) is 9.78 Å². The lowest BCUT2D eigenvalue weighted by atomic mass is 9.99. The monoisotopic (exact) mass is 235 g/mol. The number of nitrogens with two attached hydrogens (primary N) is 1. The first-order chi connectivity index (χ1) is 8.06. The van der Waals surface area contributed by atoms with Crippen LogP contribution in [0.3, 0.4) is 0 Å². The molecule has 0 aromatic carbocycles. The number of pyridine rings is 1. The minimum absolute atomic E-state index is 0.0411. The summed E-state index contributed by atoms with van der Waals surface area (Å²) < 4.78 is 0. The number of rotatable bonds is 5. The molecule has 0 saturated heterocycles. The summed E-state index contributed by atoms with van der Waals surface area (Å²) in [5, 5.41) is 2.92. The highest BCUT2D eigenvalue weighted by atomic mass is 16.2. The summed E-state index contributed by atoms with van der Waals surface area (Å²) in [4.78, 5) is 15.8. The predicted molar refractivity (Wildman–Crippen MR) is 68.2 cm³/mol. The van der Waals surface area contributed by atoms with E-state index in [-0.39, 0.29) is 17.9 Å². The Bertz CT molecular complexity index is 353. The summed E-state index contributed by atoms with van der Waals surface area (Å²) in [6.45, 7) is 5.96. The largest absolute Gasteiger partial charge is 0.348 e. The molecule has 0 spiro atoms. The lowest BCUT2D eigenvalue weighted by molar-refractivity contribution is -0.124. The Morgan fingerprint density at radius 2 is 2.00 bits per heavy atom. The summed E-state index contributed by atoms with van der Waals surface area (Å²) in [7, 11) is 0. The average molecular weight is 235 g/mol. The van der Waals surface area contributed by atoms with Crippen molar-refractivity contribution in [1.82, 2.24) is 10.3 Å². The number of hydrogen-bond acceptors (Lipinski definition) is 3. The smallest absolute Gasteiger partial charge is 0.237 e. The fraction of sp³-hybridized carbons (Fsp3) is 0.538. The summed E-state index contributed by atoms with van der Waals surface area (Å²) in [5.41, 5.74) is 6.91. The zero-order valence-electron chi connectivity index (χ0n) is 10.7. The number of carbonyl (C=O) groups is 1. The lowest BCUT2D eigenvalue weighted by Gasteiger charge is -2.21. The molecule has 4 heteroatoms. The van der Waals surface area contributed by atoms with Crippen LogP contribution in [0.4, 0.5) is 0 Å². The molecular weight excluding hydrogens is 214 g/mol. The SMILES string of the molecule is CCC(C)[C@H](N)C(=O)NC(C)c1ccncc1. The summed E-state index contributed by atoms with van der Waals surface area (Å²) >= 11 is 0. The van der Waals surface area contributed by atoms with Crippen molar-refractivity contribution in [2.24, 2.45) is 11.7 Å². The van der Waals surface area contributed by atoms with Crippen LogP contribution in [0, 0.1) is 5.92 Å². The lowest BCUT2D eigenvalue weighted by Crippen LogP contribution is -2.45.